The normalized spacial score (nSPS) is 14.9. The summed E-state index contributed by atoms with van der Waals surface area (Å²) in [6.45, 7) is 2.39. The minimum Gasteiger partial charge on any atom is -0.310 e. The second kappa shape index (κ2) is 16.0. The van der Waals surface area contributed by atoms with E-state index < -0.39 is 0 Å². The van der Waals surface area contributed by atoms with E-state index in [1.54, 1.807) is 0 Å². The lowest BCUT2D eigenvalue weighted by Gasteiger charge is -2.29. The van der Waals surface area contributed by atoms with E-state index in [1.165, 1.54) is 93.5 Å². The van der Waals surface area contributed by atoms with Crippen molar-refractivity contribution in [3.05, 3.63) is 269 Å². The van der Waals surface area contributed by atoms with Crippen LogP contribution in [-0.4, -0.2) is 0 Å². The van der Waals surface area contributed by atoms with Crippen LogP contribution in [0.2, 0.25) is 0 Å². The molecule has 0 saturated heterocycles. The largest absolute Gasteiger partial charge is 0.310 e. The van der Waals surface area contributed by atoms with E-state index in [4.69, 9.17) is 0 Å². The maximum Gasteiger partial charge on any atom is 0.0536 e. The highest BCUT2D eigenvalue weighted by atomic mass is 15.1. The van der Waals surface area contributed by atoms with Crippen LogP contribution in [0.25, 0.3) is 66.9 Å². The highest BCUT2D eigenvalue weighted by Gasteiger charge is 2.40. The van der Waals surface area contributed by atoms with E-state index >= 15 is 0 Å². The molecule has 0 bridgehead atoms. The zero-order valence-corrected chi connectivity index (χ0v) is 36.5. The van der Waals surface area contributed by atoms with Crippen LogP contribution in [0, 0.1) is 0 Å². The molecule has 65 heavy (non-hydrogen) atoms. The van der Waals surface area contributed by atoms with Gasteiger partial charge in [0.25, 0.3) is 0 Å². The Kier molecular flexibility index (Phi) is 9.50. The lowest BCUT2D eigenvalue weighted by Crippen LogP contribution is -2.32. The Hall–Kier alpha value is -8.00. The minimum atomic E-state index is -0.255. The first-order valence-corrected chi connectivity index (χ1v) is 22.9. The quantitative estimate of drug-likeness (QED) is 0.147. The van der Waals surface area contributed by atoms with Crippen molar-refractivity contribution < 1.29 is 0 Å². The Morgan fingerprint density at radius 1 is 0.400 bits per heavy atom. The van der Waals surface area contributed by atoms with Crippen molar-refractivity contribution in [2.75, 3.05) is 4.90 Å². The Morgan fingerprint density at radius 2 is 0.969 bits per heavy atom. The first-order valence-electron chi connectivity index (χ1n) is 22.9. The molecule has 1 unspecified atom stereocenters. The van der Waals surface area contributed by atoms with Crippen molar-refractivity contribution in [1.29, 1.82) is 0 Å². The van der Waals surface area contributed by atoms with Gasteiger partial charge in [0.15, 0.2) is 0 Å². The number of para-hydroxylation sites is 1. The maximum atomic E-state index is 2.47. The highest BCUT2D eigenvalue weighted by molar-refractivity contribution is 5.97. The first kappa shape index (κ1) is 38.7. The Bertz CT molecular complexity index is 3530. The molecule has 0 N–H and O–H groups in total. The fourth-order valence-corrected chi connectivity index (χ4v) is 10.9. The minimum absolute atomic E-state index is 0.255. The number of nitrogens with zero attached hydrogens (tertiary/aromatic N) is 1. The third-order valence-electron chi connectivity index (χ3n) is 14.1. The van der Waals surface area contributed by atoms with Crippen molar-refractivity contribution in [2.24, 2.45) is 0 Å². The second-order valence-corrected chi connectivity index (χ2v) is 17.6. The van der Waals surface area contributed by atoms with Crippen LogP contribution < -0.4 is 15.3 Å². The summed E-state index contributed by atoms with van der Waals surface area (Å²) in [5, 5.41) is 5.15. The molecule has 308 valence electrons. The van der Waals surface area contributed by atoms with Crippen LogP contribution in [0.4, 0.5) is 17.1 Å². The molecule has 0 saturated carbocycles. The number of fused-ring (bicyclic) bond motifs is 5. The van der Waals surface area contributed by atoms with Crippen molar-refractivity contribution in [3.63, 3.8) is 0 Å². The number of anilines is 3. The highest BCUT2D eigenvalue weighted by Crippen LogP contribution is 2.53. The Morgan fingerprint density at radius 3 is 1.77 bits per heavy atom. The second-order valence-electron chi connectivity index (χ2n) is 17.6. The van der Waals surface area contributed by atoms with Gasteiger partial charge in [0.2, 0.25) is 0 Å². The maximum absolute atomic E-state index is 2.47. The molecule has 0 fully saturated rings. The molecule has 1 heteroatoms. The average Bonchev–Trinajstić information content (AvgIpc) is 3.64. The molecule has 0 radical (unpaired) electrons. The van der Waals surface area contributed by atoms with E-state index in [9.17, 15) is 0 Å². The molecular weight excluding hydrogens is 783 g/mol. The fraction of sp³-hybridized carbons (Fsp3) is 0.0625. The summed E-state index contributed by atoms with van der Waals surface area (Å²) in [5.74, 6) is 0. The zero-order chi connectivity index (χ0) is 43.3. The standard InChI is InChI=1S/C64H47N/c1-64(50-23-6-3-7-24-50)60-31-12-10-26-56(60)57-42-37-49(43-61(57)64)44-33-38-51(39-34-44)65(52-40-35-47(36-41-52)54-28-14-20-45-19-8-9-25-53(45)54)62-32-13-11-27-58(62)59-30-16-22-48-21-15-29-55(63(48)59)46-17-4-2-5-18-46/h2-15,17-29,31-43H,16,30H2,1H3. The summed E-state index contributed by atoms with van der Waals surface area (Å²) in [5.41, 5.74) is 19.8. The van der Waals surface area contributed by atoms with Crippen LogP contribution in [0.5, 0.6) is 0 Å². The van der Waals surface area contributed by atoms with Crippen molar-refractivity contribution in [3.8, 4) is 44.5 Å². The summed E-state index contributed by atoms with van der Waals surface area (Å²) in [6.07, 6.45) is 4.37. The van der Waals surface area contributed by atoms with Gasteiger partial charge in [0, 0.05) is 22.4 Å². The molecule has 0 aliphatic heterocycles. The predicted molar refractivity (Wildman–Crippen MR) is 274 cm³/mol. The van der Waals surface area contributed by atoms with Crippen molar-refractivity contribution in [2.45, 2.75) is 25.2 Å². The molecule has 2 aliphatic carbocycles. The summed E-state index contributed by atoms with van der Waals surface area (Å²) >= 11 is 0. The zero-order valence-electron chi connectivity index (χ0n) is 36.5. The van der Waals surface area contributed by atoms with E-state index in [-0.39, 0.29) is 5.41 Å². The predicted octanol–water partition coefficient (Wildman–Crippen LogP) is 15.4. The molecule has 0 aromatic heterocycles. The average molecular weight is 830 g/mol. The van der Waals surface area contributed by atoms with Gasteiger partial charge >= 0.3 is 0 Å². The van der Waals surface area contributed by atoms with Gasteiger partial charge in [0.05, 0.1) is 5.69 Å². The number of hydrogen-bond donors (Lipinski definition) is 0. The molecule has 2 aliphatic rings. The Labute approximate surface area is 381 Å². The van der Waals surface area contributed by atoms with Gasteiger partial charge in [-0.05, 0) is 144 Å². The Balaban J connectivity index is 1.01. The van der Waals surface area contributed by atoms with Gasteiger partial charge in [-0.2, -0.15) is 0 Å². The summed E-state index contributed by atoms with van der Waals surface area (Å²) in [7, 11) is 0. The molecular formula is C64H47N. The molecule has 0 heterocycles. The number of rotatable bonds is 8. The lowest BCUT2D eigenvalue weighted by molar-refractivity contribution is 0.714. The van der Waals surface area contributed by atoms with Gasteiger partial charge < -0.3 is 4.90 Å². The van der Waals surface area contributed by atoms with E-state index in [2.05, 4.69) is 254 Å². The molecule has 1 atom stereocenters. The van der Waals surface area contributed by atoms with Crippen LogP contribution in [-0.2, 0) is 5.41 Å². The van der Waals surface area contributed by atoms with E-state index in [1.807, 2.05) is 0 Å². The van der Waals surface area contributed by atoms with Crippen molar-refractivity contribution in [1.82, 2.24) is 0 Å². The SMILES string of the molecule is CC1(c2ccccc2)c2ccccc2-c2ccc(-c3ccc(N(c4ccc(-c5cccc6ccccc56)cc4)c4ccccc4C4=c5c(-c6ccccc6)cccc5=CCC4)cc3)cc21. The van der Waals surface area contributed by atoms with Gasteiger partial charge in [-0.1, -0.05) is 206 Å². The lowest BCUT2D eigenvalue weighted by atomic mass is 9.74. The molecule has 0 amide bonds. The van der Waals surface area contributed by atoms with Crippen LogP contribution in [0.1, 0.15) is 42.0 Å². The van der Waals surface area contributed by atoms with Gasteiger partial charge in [-0.3, -0.25) is 0 Å². The number of hydrogen-bond acceptors (Lipinski definition) is 1. The van der Waals surface area contributed by atoms with Crippen LogP contribution >= 0.6 is 0 Å². The topological polar surface area (TPSA) is 3.24 Å². The van der Waals surface area contributed by atoms with Crippen LogP contribution in [0.3, 0.4) is 0 Å². The number of benzene rings is 10. The summed E-state index contributed by atoms with van der Waals surface area (Å²) in [4.78, 5) is 2.47. The third-order valence-corrected chi connectivity index (χ3v) is 14.1. The molecule has 1 nitrogen and oxygen atoms in total. The van der Waals surface area contributed by atoms with Crippen molar-refractivity contribution >= 4 is 39.5 Å². The summed E-state index contributed by atoms with van der Waals surface area (Å²) in [6, 6.07) is 87.4. The van der Waals surface area contributed by atoms with E-state index in [0.29, 0.717) is 0 Å². The fourth-order valence-electron chi connectivity index (χ4n) is 10.9. The third kappa shape index (κ3) is 6.54. The molecule has 10 aromatic carbocycles. The first-order chi connectivity index (χ1) is 32.1. The molecule has 12 rings (SSSR count). The summed E-state index contributed by atoms with van der Waals surface area (Å²) < 4.78 is 0. The van der Waals surface area contributed by atoms with Gasteiger partial charge in [0.1, 0.15) is 0 Å². The molecule has 10 aromatic rings. The van der Waals surface area contributed by atoms with Gasteiger partial charge in [-0.25, -0.2) is 0 Å². The molecule has 0 spiro atoms. The van der Waals surface area contributed by atoms with E-state index in [0.717, 1.165) is 29.9 Å². The van der Waals surface area contributed by atoms with Crippen LogP contribution in [0.15, 0.2) is 237 Å². The monoisotopic (exact) mass is 829 g/mol. The van der Waals surface area contributed by atoms with Gasteiger partial charge in [-0.15, -0.1) is 0 Å². The smallest absolute Gasteiger partial charge is 0.0536 e.